The number of hydrogen-bond donors (Lipinski definition) is 2. The topological polar surface area (TPSA) is 44.7 Å². The lowest BCUT2D eigenvalue weighted by molar-refractivity contribution is -0.120. The predicted molar refractivity (Wildman–Crippen MR) is 72.1 cm³/mol. The molecule has 0 unspecified atom stereocenters. The van der Waals surface area contributed by atoms with Gasteiger partial charge in [0.05, 0.1) is 12.7 Å². The fraction of sp³-hybridized carbons (Fsp3) is 0.571. The summed E-state index contributed by atoms with van der Waals surface area (Å²) in [7, 11) is 1.17. The van der Waals surface area contributed by atoms with Gasteiger partial charge in [0, 0.05) is 26.2 Å². The number of methoxy groups -OCH3 is 1. The predicted octanol–water partition coefficient (Wildman–Crippen LogP) is 1.55. The molecule has 1 fully saturated rings. The Balaban J connectivity index is 2.53. The van der Waals surface area contributed by atoms with Crippen LogP contribution in [0, 0.1) is 11.6 Å². The van der Waals surface area contributed by atoms with Gasteiger partial charge in [0.1, 0.15) is 18.5 Å². The van der Waals surface area contributed by atoms with Crippen LogP contribution in [0.15, 0.2) is 12.1 Å². The van der Waals surface area contributed by atoms with Gasteiger partial charge in [0.25, 0.3) is 5.92 Å². The van der Waals surface area contributed by atoms with Crippen LogP contribution in [0.25, 0.3) is 0 Å². The van der Waals surface area contributed by atoms with E-state index in [1.165, 1.54) is 12.0 Å². The van der Waals surface area contributed by atoms with Gasteiger partial charge < -0.3 is 15.2 Å². The molecule has 1 aliphatic heterocycles. The van der Waals surface area contributed by atoms with E-state index in [1.807, 2.05) is 0 Å². The quantitative estimate of drug-likeness (QED) is 0.808. The van der Waals surface area contributed by atoms with Crippen molar-refractivity contribution in [1.82, 2.24) is 10.2 Å². The number of aliphatic hydroxyl groups excluding tert-OH is 1. The molecular formula is C14H18F4N2O2. The Bertz CT molecular complexity index is 522. The molecule has 124 valence electrons. The maximum atomic E-state index is 14.4. The van der Waals surface area contributed by atoms with Crippen LogP contribution in [-0.4, -0.2) is 55.8 Å². The van der Waals surface area contributed by atoms with Crippen molar-refractivity contribution in [3.05, 3.63) is 29.3 Å². The Morgan fingerprint density at radius 1 is 1.32 bits per heavy atom. The van der Waals surface area contributed by atoms with E-state index in [0.29, 0.717) is 13.1 Å². The third-order valence-corrected chi connectivity index (χ3v) is 3.71. The lowest BCUT2D eigenvalue weighted by atomic mass is 9.96. The molecule has 1 atom stereocenters. The van der Waals surface area contributed by atoms with Crippen LogP contribution in [0.5, 0.6) is 5.75 Å². The number of alkyl halides is 2. The van der Waals surface area contributed by atoms with E-state index in [1.54, 1.807) is 0 Å². The van der Waals surface area contributed by atoms with E-state index in [9.17, 15) is 17.6 Å². The molecule has 1 aliphatic rings. The lowest BCUT2D eigenvalue weighted by Gasteiger charge is -2.39. The number of halogens is 4. The van der Waals surface area contributed by atoms with Crippen LogP contribution < -0.4 is 10.1 Å². The summed E-state index contributed by atoms with van der Waals surface area (Å²) in [6.07, 6.45) is 0. The molecule has 1 saturated heterocycles. The summed E-state index contributed by atoms with van der Waals surface area (Å²) in [5, 5.41) is 12.0. The molecule has 0 bridgehead atoms. The molecule has 0 radical (unpaired) electrons. The van der Waals surface area contributed by atoms with Crippen molar-refractivity contribution in [2.24, 2.45) is 0 Å². The van der Waals surface area contributed by atoms with Gasteiger partial charge in [-0.1, -0.05) is 0 Å². The van der Waals surface area contributed by atoms with Gasteiger partial charge in [0.2, 0.25) is 0 Å². The van der Waals surface area contributed by atoms with Crippen molar-refractivity contribution < 1.29 is 27.4 Å². The summed E-state index contributed by atoms with van der Waals surface area (Å²) >= 11 is 0. The van der Waals surface area contributed by atoms with Gasteiger partial charge in [-0.2, -0.15) is 0 Å². The van der Waals surface area contributed by atoms with Crippen molar-refractivity contribution in [2.45, 2.75) is 12.0 Å². The van der Waals surface area contributed by atoms with Crippen LogP contribution in [0.4, 0.5) is 17.6 Å². The van der Waals surface area contributed by atoms with Gasteiger partial charge in [-0.15, -0.1) is 0 Å². The third-order valence-electron chi connectivity index (χ3n) is 3.71. The monoisotopic (exact) mass is 322 g/mol. The van der Waals surface area contributed by atoms with Crippen molar-refractivity contribution in [3.8, 4) is 5.75 Å². The SMILES string of the molecule is COc1ccc(F)c([C@@H](N2CCNCC2)C(F)(F)CO)c1F. The molecule has 0 amide bonds. The summed E-state index contributed by atoms with van der Waals surface area (Å²) in [6, 6.07) is 0.0367. The fourth-order valence-corrected chi connectivity index (χ4v) is 2.65. The molecule has 22 heavy (non-hydrogen) atoms. The molecular weight excluding hydrogens is 304 g/mol. The van der Waals surface area contributed by atoms with Gasteiger partial charge in [0.15, 0.2) is 11.6 Å². The number of nitrogens with one attached hydrogen (secondary N) is 1. The molecule has 1 heterocycles. The molecule has 0 aliphatic carbocycles. The normalized spacial score (nSPS) is 18.3. The van der Waals surface area contributed by atoms with Gasteiger partial charge >= 0.3 is 0 Å². The summed E-state index contributed by atoms with van der Waals surface area (Å²) in [5.74, 6) is -6.26. The molecule has 0 saturated carbocycles. The highest BCUT2D eigenvalue weighted by atomic mass is 19.3. The first-order valence-corrected chi connectivity index (χ1v) is 6.87. The highest BCUT2D eigenvalue weighted by Crippen LogP contribution is 2.40. The number of rotatable bonds is 5. The fourth-order valence-electron chi connectivity index (χ4n) is 2.65. The first kappa shape index (κ1) is 17.0. The van der Waals surface area contributed by atoms with Gasteiger partial charge in [-0.3, -0.25) is 4.90 Å². The number of nitrogens with zero attached hydrogens (tertiary/aromatic N) is 1. The van der Waals surface area contributed by atoms with Crippen molar-refractivity contribution in [1.29, 1.82) is 0 Å². The van der Waals surface area contributed by atoms with E-state index in [2.05, 4.69) is 5.32 Å². The molecule has 0 spiro atoms. The van der Waals surface area contributed by atoms with E-state index in [-0.39, 0.29) is 18.8 Å². The van der Waals surface area contributed by atoms with Crippen LogP contribution >= 0.6 is 0 Å². The summed E-state index contributed by atoms with van der Waals surface area (Å²) in [6.45, 7) is -0.277. The maximum Gasteiger partial charge on any atom is 0.290 e. The number of hydrogen-bond acceptors (Lipinski definition) is 4. The maximum absolute atomic E-state index is 14.4. The Hall–Kier alpha value is -1.38. The molecule has 1 aromatic carbocycles. The summed E-state index contributed by atoms with van der Waals surface area (Å²) < 4.78 is 61.6. The van der Waals surface area contributed by atoms with Crippen LogP contribution in [0.1, 0.15) is 11.6 Å². The Morgan fingerprint density at radius 2 is 1.95 bits per heavy atom. The van der Waals surface area contributed by atoms with Gasteiger partial charge in [-0.25, -0.2) is 17.6 Å². The molecule has 2 N–H and O–H groups in total. The Morgan fingerprint density at radius 3 is 2.50 bits per heavy atom. The number of aliphatic hydroxyl groups is 1. The highest BCUT2D eigenvalue weighted by Gasteiger charge is 2.47. The zero-order valence-electron chi connectivity index (χ0n) is 12.1. The van der Waals surface area contributed by atoms with E-state index in [0.717, 1.165) is 12.1 Å². The van der Waals surface area contributed by atoms with Crippen LogP contribution in [-0.2, 0) is 0 Å². The average Bonchev–Trinajstić information content (AvgIpc) is 2.52. The first-order valence-electron chi connectivity index (χ1n) is 6.87. The minimum absolute atomic E-state index is 0.191. The second kappa shape index (κ2) is 6.80. The van der Waals surface area contributed by atoms with Crippen molar-refractivity contribution in [3.63, 3.8) is 0 Å². The molecule has 1 aromatic rings. The van der Waals surface area contributed by atoms with Crippen molar-refractivity contribution >= 4 is 0 Å². The Labute approximate surface area is 125 Å². The zero-order valence-corrected chi connectivity index (χ0v) is 12.1. The summed E-state index contributed by atoms with van der Waals surface area (Å²) in [5.41, 5.74) is -0.777. The minimum Gasteiger partial charge on any atom is -0.494 e. The largest absolute Gasteiger partial charge is 0.494 e. The number of piperazine rings is 1. The lowest BCUT2D eigenvalue weighted by Crippen LogP contribution is -2.51. The summed E-state index contributed by atoms with van der Waals surface area (Å²) in [4.78, 5) is 1.27. The molecule has 4 nitrogen and oxygen atoms in total. The Kier molecular flexibility index (Phi) is 5.25. The molecule has 0 aromatic heterocycles. The third kappa shape index (κ3) is 3.18. The second-order valence-corrected chi connectivity index (χ2v) is 5.08. The number of ether oxygens (including phenoxy) is 1. The molecule has 8 heteroatoms. The van der Waals surface area contributed by atoms with Crippen molar-refractivity contribution in [2.75, 3.05) is 39.9 Å². The standard InChI is InChI=1S/C14H18F4N2O2/c1-22-10-3-2-9(15)11(12(10)16)13(14(17,18)8-21)20-6-4-19-5-7-20/h2-3,13,19,21H,4-8H2,1H3/t13-/m1/s1. The smallest absolute Gasteiger partial charge is 0.290 e. The minimum atomic E-state index is -3.69. The average molecular weight is 322 g/mol. The number of benzene rings is 1. The van der Waals surface area contributed by atoms with Gasteiger partial charge in [-0.05, 0) is 12.1 Å². The second-order valence-electron chi connectivity index (χ2n) is 5.08. The first-order chi connectivity index (χ1) is 10.4. The van der Waals surface area contributed by atoms with Crippen LogP contribution in [0.2, 0.25) is 0 Å². The highest BCUT2D eigenvalue weighted by molar-refractivity contribution is 5.35. The zero-order chi connectivity index (χ0) is 16.3. The van der Waals surface area contributed by atoms with Crippen LogP contribution in [0.3, 0.4) is 0 Å². The van der Waals surface area contributed by atoms with E-state index < -0.39 is 35.8 Å². The van der Waals surface area contributed by atoms with E-state index in [4.69, 9.17) is 9.84 Å². The van der Waals surface area contributed by atoms with E-state index >= 15 is 0 Å². The molecule has 2 rings (SSSR count).